The second-order valence-corrected chi connectivity index (χ2v) is 9.96. The number of carbonyl (C=O) groups excluding carboxylic acids is 2. The maximum atomic E-state index is 13.2. The number of nitrogens with two attached hydrogens (primary N) is 1. The summed E-state index contributed by atoms with van der Waals surface area (Å²) in [7, 11) is 0. The predicted octanol–water partition coefficient (Wildman–Crippen LogP) is 5.39. The third kappa shape index (κ3) is 6.35. The van der Waals surface area contributed by atoms with Gasteiger partial charge in [0.1, 0.15) is 0 Å². The van der Waals surface area contributed by atoms with Crippen LogP contribution in [-0.4, -0.2) is 39.3 Å². The van der Waals surface area contributed by atoms with E-state index in [1.54, 1.807) is 24.5 Å². The summed E-state index contributed by atoms with van der Waals surface area (Å²) < 4.78 is 0. The molecule has 3 aromatic carbocycles. The van der Waals surface area contributed by atoms with Crippen LogP contribution in [0.5, 0.6) is 0 Å². The fourth-order valence-electron chi connectivity index (χ4n) is 4.93. The van der Waals surface area contributed by atoms with Gasteiger partial charge in [-0.2, -0.15) is 0 Å². The minimum absolute atomic E-state index is 0.0155. The molecular weight excluding hydrogens is 522 g/mol. The molecular formula is C35H31N5O2. The Labute approximate surface area is 245 Å². The first kappa shape index (κ1) is 28.2. The summed E-state index contributed by atoms with van der Waals surface area (Å²) in [6.07, 6.45) is 4.04. The SMILES string of the molecule is CCN(C(=O)c1ccc(C#Cc2ccc(-c3cc(C(=O)NN)c4cnccc4n3)cc2)cc1)C(C)Cc1ccccc1. The number of nitrogens with zero attached hydrogens (tertiary/aromatic N) is 3. The van der Waals surface area contributed by atoms with E-state index in [0.717, 1.165) is 23.1 Å². The third-order valence-electron chi connectivity index (χ3n) is 7.16. The second-order valence-electron chi connectivity index (χ2n) is 9.96. The van der Waals surface area contributed by atoms with Crippen molar-refractivity contribution in [2.75, 3.05) is 6.54 Å². The van der Waals surface area contributed by atoms with E-state index in [1.807, 2.05) is 78.6 Å². The lowest BCUT2D eigenvalue weighted by molar-refractivity contribution is 0.0703. The fraction of sp³-hybridized carbons (Fsp3) is 0.143. The average molecular weight is 554 g/mol. The first-order valence-corrected chi connectivity index (χ1v) is 13.8. The molecule has 0 aliphatic rings. The van der Waals surface area contributed by atoms with Gasteiger partial charge in [-0.25, -0.2) is 10.8 Å². The molecule has 0 aliphatic carbocycles. The number of fused-ring (bicyclic) bond motifs is 1. The number of nitrogens with one attached hydrogen (secondary N) is 1. The van der Waals surface area contributed by atoms with Crippen molar-refractivity contribution >= 4 is 22.7 Å². The second kappa shape index (κ2) is 12.9. The minimum atomic E-state index is -0.407. The van der Waals surface area contributed by atoms with Crippen molar-refractivity contribution in [1.82, 2.24) is 20.3 Å². The normalized spacial score (nSPS) is 11.3. The Morgan fingerprint density at radius 3 is 2.24 bits per heavy atom. The summed E-state index contributed by atoms with van der Waals surface area (Å²) >= 11 is 0. The van der Waals surface area contributed by atoms with Crippen molar-refractivity contribution in [2.45, 2.75) is 26.3 Å². The summed E-state index contributed by atoms with van der Waals surface area (Å²) in [5.41, 5.74) is 8.24. The molecule has 42 heavy (non-hydrogen) atoms. The van der Waals surface area contributed by atoms with E-state index in [0.29, 0.717) is 34.3 Å². The molecule has 0 spiro atoms. The number of pyridine rings is 2. The van der Waals surface area contributed by atoms with Crippen molar-refractivity contribution in [2.24, 2.45) is 5.84 Å². The summed E-state index contributed by atoms with van der Waals surface area (Å²) in [5.74, 6) is 11.4. The molecule has 208 valence electrons. The van der Waals surface area contributed by atoms with E-state index in [-0.39, 0.29) is 11.9 Å². The van der Waals surface area contributed by atoms with E-state index in [4.69, 9.17) is 10.8 Å². The number of amides is 2. The van der Waals surface area contributed by atoms with Gasteiger partial charge in [0.2, 0.25) is 0 Å². The highest BCUT2D eigenvalue weighted by molar-refractivity contribution is 6.06. The van der Waals surface area contributed by atoms with Crippen LogP contribution < -0.4 is 11.3 Å². The molecule has 3 N–H and O–H groups in total. The number of hydrazine groups is 1. The van der Waals surface area contributed by atoms with Crippen LogP contribution in [0.2, 0.25) is 0 Å². The molecule has 1 unspecified atom stereocenters. The highest BCUT2D eigenvalue weighted by Gasteiger charge is 2.20. The van der Waals surface area contributed by atoms with Crippen LogP contribution >= 0.6 is 0 Å². The fourth-order valence-corrected chi connectivity index (χ4v) is 4.93. The molecule has 5 aromatic rings. The number of nitrogen functional groups attached to an aromatic ring is 1. The molecule has 0 saturated carbocycles. The lowest BCUT2D eigenvalue weighted by Gasteiger charge is -2.28. The Balaban J connectivity index is 1.29. The maximum absolute atomic E-state index is 13.2. The molecule has 7 heteroatoms. The molecule has 2 aromatic heterocycles. The van der Waals surface area contributed by atoms with Gasteiger partial charge in [0.15, 0.2) is 0 Å². The molecule has 1 atom stereocenters. The summed E-state index contributed by atoms with van der Waals surface area (Å²) in [4.78, 5) is 36.3. The number of hydrogen-bond donors (Lipinski definition) is 2. The molecule has 2 heterocycles. The van der Waals surface area contributed by atoms with Crippen molar-refractivity contribution in [3.8, 4) is 23.1 Å². The maximum Gasteiger partial charge on any atom is 0.265 e. The number of aromatic nitrogens is 2. The van der Waals surface area contributed by atoms with Gasteiger partial charge in [-0.15, -0.1) is 0 Å². The summed E-state index contributed by atoms with van der Waals surface area (Å²) in [6, 6.07) is 28.9. The Morgan fingerprint density at radius 2 is 1.60 bits per heavy atom. The standard InChI is InChI=1S/C35H31N5O2/c1-3-40(24(2)21-27-7-5-4-6-8-27)35(42)29-17-13-26(14-18-29)10-9-25-11-15-28(16-12-25)33-22-30(34(41)39-36)31-23-37-20-19-32(31)38-33/h4-8,11-20,22-24H,3,21,36H2,1-2H3,(H,39,41). The molecule has 0 aliphatic heterocycles. The van der Waals surface area contributed by atoms with Gasteiger partial charge in [0, 0.05) is 52.6 Å². The van der Waals surface area contributed by atoms with Gasteiger partial charge in [0.05, 0.1) is 16.8 Å². The zero-order valence-corrected chi connectivity index (χ0v) is 23.5. The Bertz CT molecular complexity index is 1770. The van der Waals surface area contributed by atoms with Crippen LogP contribution in [0.3, 0.4) is 0 Å². The zero-order valence-electron chi connectivity index (χ0n) is 23.5. The summed E-state index contributed by atoms with van der Waals surface area (Å²) in [5, 5.41) is 0.628. The topological polar surface area (TPSA) is 101 Å². The first-order valence-electron chi connectivity index (χ1n) is 13.8. The Hall–Kier alpha value is -5.32. The van der Waals surface area contributed by atoms with Crippen LogP contribution in [0, 0.1) is 11.8 Å². The highest BCUT2D eigenvalue weighted by Crippen LogP contribution is 2.25. The zero-order chi connectivity index (χ0) is 29.5. The molecule has 2 amide bonds. The van der Waals surface area contributed by atoms with E-state index >= 15 is 0 Å². The van der Waals surface area contributed by atoms with Crippen molar-refractivity contribution < 1.29 is 9.59 Å². The number of likely N-dealkylation sites (N-methyl/N-ethyl adjacent to an activating group) is 1. The van der Waals surface area contributed by atoms with Crippen molar-refractivity contribution in [3.05, 3.63) is 131 Å². The first-order chi connectivity index (χ1) is 20.5. The van der Waals surface area contributed by atoms with Crippen LogP contribution in [0.4, 0.5) is 0 Å². The molecule has 0 fully saturated rings. The van der Waals surface area contributed by atoms with Crippen LogP contribution in [-0.2, 0) is 6.42 Å². The molecule has 0 saturated heterocycles. The van der Waals surface area contributed by atoms with Gasteiger partial charge in [0.25, 0.3) is 11.8 Å². The van der Waals surface area contributed by atoms with Crippen LogP contribution in [0.25, 0.3) is 22.2 Å². The van der Waals surface area contributed by atoms with Gasteiger partial charge in [-0.05, 0) is 74.4 Å². The van der Waals surface area contributed by atoms with Crippen LogP contribution in [0.15, 0.2) is 103 Å². The largest absolute Gasteiger partial charge is 0.336 e. The van der Waals surface area contributed by atoms with Gasteiger partial charge < -0.3 is 4.90 Å². The average Bonchev–Trinajstić information content (AvgIpc) is 3.04. The minimum Gasteiger partial charge on any atom is -0.336 e. The van der Waals surface area contributed by atoms with Gasteiger partial charge in [-0.3, -0.25) is 20.0 Å². The molecule has 7 nitrogen and oxygen atoms in total. The lowest BCUT2D eigenvalue weighted by atomic mass is 10.0. The molecule has 0 radical (unpaired) electrons. The number of hydrogen-bond acceptors (Lipinski definition) is 5. The highest BCUT2D eigenvalue weighted by atomic mass is 16.2. The Morgan fingerprint density at radius 1 is 0.929 bits per heavy atom. The summed E-state index contributed by atoms with van der Waals surface area (Å²) in [6.45, 7) is 4.73. The predicted molar refractivity (Wildman–Crippen MR) is 165 cm³/mol. The van der Waals surface area contributed by atoms with E-state index in [9.17, 15) is 9.59 Å². The quantitative estimate of drug-likeness (QED) is 0.122. The molecule has 0 bridgehead atoms. The van der Waals surface area contributed by atoms with Crippen LogP contribution in [0.1, 0.15) is 51.3 Å². The smallest absolute Gasteiger partial charge is 0.265 e. The number of carbonyl (C=O) groups is 2. The monoisotopic (exact) mass is 553 g/mol. The van der Waals surface area contributed by atoms with Crippen molar-refractivity contribution in [1.29, 1.82) is 0 Å². The number of benzene rings is 3. The van der Waals surface area contributed by atoms with E-state index < -0.39 is 5.91 Å². The number of rotatable bonds is 7. The lowest BCUT2D eigenvalue weighted by Crippen LogP contribution is -2.39. The van der Waals surface area contributed by atoms with E-state index in [1.165, 1.54) is 5.56 Å². The van der Waals surface area contributed by atoms with Gasteiger partial charge >= 0.3 is 0 Å². The molecule has 5 rings (SSSR count). The third-order valence-corrected chi connectivity index (χ3v) is 7.16. The Kier molecular flexibility index (Phi) is 8.67. The van der Waals surface area contributed by atoms with Gasteiger partial charge in [-0.1, -0.05) is 54.3 Å². The van der Waals surface area contributed by atoms with E-state index in [2.05, 4.69) is 41.3 Å². The van der Waals surface area contributed by atoms with Crippen molar-refractivity contribution in [3.63, 3.8) is 0 Å².